The average Bonchev–Trinajstić information content (AvgIpc) is 3.53. The standard InChI is InChI=1S/C25H20ClNO5/c26-17-12-6-5-11-16(17)20-18-19(24(31)27(23(18)30)13-7-1-2-8-13)25(32-20)21(28)14-9-3-4-10-15(14)22(25)29/h3-6,9-13,18-20H,1-2,7-8H2/t18-,19+,20+/m1/s1. The molecule has 7 heteroatoms. The number of Topliss-reactive ketones (excluding diaryl/α,β-unsaturated/α-hetero) is 2. The van der Waals surface area contributed by atoms with Gasteiger partial charge in [0, 0.05) is 27.8 Å². The van der Waals surface area contributed by atoms with Gasteiger partial charge in [-0.1, -0.05) is 66.9 Å². The van der Waals surface area contributed by atoms with Gasteiger partial charge < -0.3 is 4.74 Å². The van der Waals surface area contributed by atoms with E-state index in [2.05, 4.69) is 0 Å². The molecule has 0 radical (unpaired) electrons. The molecule has 2 amide bonds. The first kappa shape index (κ1) is 19.8. The predicted molar refractivity (Wildman–Crippen MR) is 114 cm³/mol. The smallest absolute Gasteiger partial charge is 0.237 e. The molecule has 2 aromatic rings. The Bertz CT molecular complexity index is 1170. The van der Waals surface area contributed by atoms with E-state index in [4.69, 9.17) is 16.3 Å². The molecular weight excluding hydrogens is 430 g/mol. The molecule has 2 aromatic carbocycles. The maximum atomic E-state index is 13.7. The molecule has 2 heterocycles. The van der Waals surface area contributed by atoms with Crippen molar-refractivity contribution in [1.29, 1.82) is 0 Å². The Kier molecular flexibility index (Phi) is 4.23. The molecule has 3 atom stereocenters. The molecule has 32 heavy (non-hydrogen) atoms. The number of fused-ring (bicyclic) bond motifs is 3. The second-order valence-electron chi connectivity index (χ2n) is 8.99. The van der Waals surface area contributed by atoms with Crippen LogP contribution in [0.15, 0.2) is 48.5 Å². The summed E-state index contributed by atoms with van der Waals surface area (Å²) in [6, 6.07) is 13.2. The Labute approximate surface area is 189 Å². The van der Waals surface area contributed by atoms with Gasteiger partial charge in [0.25, 0.3) is 0 Å². The summed E-state index contributed by atoms with van der Waals surface area (Å²) >= 11 is 6.44. The van der Waals surface area contributed by atoms with Gasteiger partial charge in [0.15, 0.2) is 0 Å². The topological polar surface area (TPSA) is 80.8 Å². The number of halogens is 1. The number of rotatable bonds is 2. The summed E-state index contributed by atoms with van der Waals surface area (Å²) in [5.74, 6) is -4.09. The predicted octanol–water partition coefficient (Wildman–Crippen LogP) is 3.77. The minimum absolute atomic E-state index is 0.196. The van der Waals surface area contributed by atoms with Crippen molar-refractivity contribution in [2.45, 2.75) is 43.4 Å². The first-order valence-electron chi connectivity index (χ1n) is 10.9. The Hall–Kier alpha value is -2.83. The molecule has 0 aromatic heterocycles. The zero-order valence-corrected chi connectivity index (χ0v) is 17.9. The Morgan fingerprint density at radius 3 is 2.06 bits per heavy atom. The minimum Gasteiger partial charge on any atom is -0.349 e. The number of nitrogens with zero attached hydrogens (tertiary/aromatic N) is 1. The lowest BCUT2D eigenvalue weighted by molar-refractivity contribution is -0.147. The lowest BCUT2D eigenvalue weighted by atomic mass is 9.77. The third kappa shape index (κ3) is 2.34. The summed E-state index contributed by atoms with van der Waals surface area (Å²) < 4.78 is 6.25. The van der Waals surface area contributed by atoms with Crippen LogP contribution in [0.25, 0.3) is 0 Å². The van der Waals surface area contributed by atoms with Crippen LogP contribution in [-0.2, 0) is 14.3 Å². The van der Waals surface area contributed by atoms with Crippen LogP contribution in [0.2, 0.25) is 5.02 Å². The summed E-state index contributed by atoms with van der Waals surface area (Å²) in [6.45, 7) is 0. The molecule has 3 fully saturated rings. The molecule has 162 valence electrons. The summed E-state index contributed by atoms with van der Waals surface area (Å²) in [4.78, 5) is 56.0. The highest BCUT2D eigenvalue weighted by atomic mass is 35.5. The van der Waals surface area contributed by atoms with Gasteiger partial charge in [-0.25, -0.2) is 0 Å². The van der Waals surface area contributed by atoms with Gasteiger partial charge >= 0.3 is 0 Å². The molecular formula is C25H20ClNO5. The van der Waals surface area contributed by atoms with Crippen LogP contribution in [0.5, 0.6) is 0 Å². The third-order valence-corrected chi connectivity index (χ3v) is 7.80. The molecule has 2 saturated heterocycles. The molecule has 1 spiro atoms. The maximum absolute atomic E-state index is 13.7. The fraction of sp³-hybridized carbons (Fsp3) is 0.360. The first-order chi connectivity index (χ1) is 15.5. The number of likely N-dealkylation sites (tertiary alicyclic amines) is 1. The van der Waals surface area contributed by atoms with E-state index in [1.165, 1.54) is 4.90 Å². The van der Waals surface area contributed by atoms with Crippen LogP contribution >= 0.6 is 11.6 Å². The van der Waals surface area contributed by atoms with E-state index in [9.17, 15) is 19.2 Å². The number of ether oxygens (including phenoxy) is 1. The number of amides is 2. The van der Waals surface area contributed by atoms with Crippen molar-refractivity contribution in [2.24, 2.45) is 11.8 Å². The highest BCUT2D eigenvalue weighted by Gasteiger charge is 2.75. The van der Waals surface area contributed by atoms with Crippen LogP contribution in [0.4, 0.5) is 0 Å². The van der Waals surface area contributed by atoms with Crippen LogP contribution in [0.3, 0.4) is 0 Å². The van der Waals surface area contributed by atoms with E-state index >= 15 is 0 Å². The summed E-state index contributed by atoms with van der Waals surface area (Å²) in [6.07, 6.45) is 2.40. The Morgan fingerprint density at radius 2 is 1.44 bits per heavy atom. The normalized spacial score (nSPS) is 28.8. The molecule has 0 N–H and O–H groups in total. The molecule has 4 aliphatic rings. The number of carbonyl (C=O) groups is 4. The minimum atomic E-state index is -2.03. The van der Waals surface area contributed by atoms with E-state index in [0.29, 0.717) is 10.6 Å². The maximum Gasteiger partial charge on any atom is 0.237 e. The average molecular weight is 450 g/mol. The number of hydrogen-bond donors (Lipinski definition) is 0. The van der Waals surface area contributed by atoms with Gasteiger partial charge in [-0.15, -0.1) is 0 Å². The molecule has 2 aliphatic heterocycles. The fourth-order valence-electron chi connectivity index (χ4n) is 6.05. The van der Waals surface area contributed by atoms with Crippen molar-refractivity contribution >= 4 is 35.0 Å². The molecule has 0 bridgehead atoms. The van der Waals surface area contributed by atoms with Gasteiger partial charge in [-0.2, -0.15) is 0 Å². The van der Waals surface area contributed by atoms with Crippen molar-refractivity contribution in [2.75, 3.05) is 0 Å². The molecule has 6 nitrogen and oxygen atoms in total. The summed E-state index contributed by atoms with van der Waals surface area (Å²) in [5, 5.41) is 0.364. The zero-order chi connectivity index (χ0) is 22.2. The van der Waals surface area contributed by atoms with Gasteiger partial charge in [-0.3, -0.25) is 24.1 Å². The van der Waals surface area contributed by atoms with Crippen LogP contribution in [0.1, 0.15) is 58.1 Å². The summed E-state index contributed by atoms with van der Waals surface area (Å²) in [7, 11) is 0. The number of hydrogen-bond acceptors (Lipinski definition) is 5. The largest absolute Gasteiger partial charge is 0.349 e. The van der Waals surface area contributed by atoms with E-state index in [0.717, 1.165) is 25.7 Å². The lowest BCUT2D eigenvalue weighted by Gasteiger charge is -2.29. The molecule has 1 saturated carbocycles. The van der Waals surface area contributed by atoms with Crippen LogP contribution in [0, 0.1) is 11.8 Å². The second kappa shape index (κ2) is 6.83. The van der Waals surface area contributed by atoms with Crippen molar-refractivity contribution < 1.29 is 23.9 Å². The number of ketones is 2. The van der Waals surface area contributed by atoms with Crippen molar-refractivity contribution in [1.82, 2.24) is 4.90 Å². The number of carbonyl (C=O) groups excluding carboxylic acids is 4. The summed E-state index contributed by atoms with van der Waals surface area (Å²) in [5.41, 5.74) is -1.06. The SMILES string of the molecule is O=C1[C@@H]2[C@@H](C(=O)N1C1CCCC1)C1(O[C@H]2c2ccccc2Cl)C(=O)c2ccccc2C1=O. The Morgan fingerprint density at radius 1 is 0.844 bits per heavy atom. The quantitative estimate of drug-likeness (QED) is 0.515. The van der Waals surface area contributed by atoms with Gasteiger partial charge in [-0.05, 0) is 18.9 Å². The lowest BCUT2D eigenvalue weighted by Crippen LogP contribution is -2.51. The van der Waals surface area contributed by atoms with Crippen molar-refractivity contribution in [3.63, 3.8) is 0 Å². The number of benzene rings is 2. The van der Waals surface area contributed by atoms with E-state index < -0.39 is 41.0 Å². The molecule has 0 unspecified atom stereocenters. The van der Waals surface area contributed by atoms with Crippen LogP contribution in [-0.4, -0.2) is 39.9 Å². The van der Waals surface area contributed by atoms with Gasteiger partial charge in [0.1, 0.15) is 0 Å². The number of imide groups is 1. The fourth-order valence-corrected chi connectivity index (χ4v) is 6.29. The zero-order valence-electron chi connectivity index (χ0n) is 17.1. The van der Waals surface area contributed by atoms with Crippen LogP contribution < -0.4 is 0 Å². The first-order valence-corrected chi connectivity index (χ1v) is 11.3. The highest BCUT2D eigenvalue weighted by molar-refractivity contribution is 6.35. The highest BCUT2D eigenvalue weighted by Crippen LogP contribution is 2.58. The Balaban J connectivity index is 1.54. The van der Waals surface area contributed by atoms with Gasteiger partial charge in [0.2, 0.25) is 29.0 Å². The van der Waals surface area contributed by atoms with Crippen molar-refractivity contribution in [3.05, 3.63) is 70.2 Å². The van der Waals surface area contributed by atoms with E-state index in [1.807, 2.05) is 0 Å². The molecule has 2 aliphatic carbocycles. The second-order valence-corrected chi connectivity index (χ2v) is 9.39. The molecule has 6 rings (SSSR count). The van der Waals surface area contributed by atoms with Crippen molar-refractivity contribution in [3.8, 4) is 0 Å². The monoisotopic (exact) mass is 449 g/mol. The van der Waals surface area contributed by atoms with E-state index in [1.54, 1.807) is 48.5 Å². The van der Waals surface area contributed by atoms with E-state index in [-0.39, 0.29) is 23.1 Å². The van der Waals surface area contributed by atoms with Gasteiger partial charge in [0.05, 0.1) is 17.9 Å². The third-order valence-electron chi connectivity index (χ3n) is 7.45.